The predicted molar refractivity (Wildman–Crippen MR) is 112 cm³/mol. The number of rotatable bonds is 7. The quantitative estimate of drug-likeness (QED) is 0.354. The number of carbonyl (C=O) groups is 2. The topological polar surface area (TPSA) is 85.8 Å². The van der Waals surface area contributed by atoms with E-state index in [-0.39, 0.29) is 12.5 Å². The number of amides is 2. The van der Waals surface area contributed by atoms with Crippen molar-refractivity contribution in [1.29, 1.82) is 0 Å². The van der Waals surface area contributed by atoms with E-state index in [1.54, 1.807) is 26.2 Å². The molecule has 0 heterocycles. The van der Waals surface area contributed by atoms with Crippen molar-refractivity contribution in [3.05, 3.63) is 65.0 Å². The van der Waals surface area contributed by atoms with Gasteiger partial charge >= 0.3 is 0 Å². The van der Waals surface area contributed by atoms with Gasteiger partial charge in [0, 0.05) is 33.3 Å². The maximum absolute atomic E-state index is 13.6. The maximum Gasteiger partial charge on any atom is 0.253 e. The second-order valence-electron chi connectivity index (χ2n) is 6.77. The number of aliphatic imine (C=N–C) groups is 1. The molecule has 0 saturated heterocycles. The Kier molecular flexibility index (Phi) is 8.42. The fourth-order valence-corrected chi connectivity index (χ4v) is 2.64. The third-order valence-electron chi connectivity index (χ3n) is 4.24. The molecule has 31 heavy (non-hydrogen) atoms. The summed E-state index contributed by atoms with van der Waals surface area (Å²) in [5.74, 6) is -4.89. The van der Waals surface area contributed by atoms with Gasteiger partial charge in [0.1, 0.15) is 0 Å². The average Bonchev–Trinajstić information content (AvgIpc) is 2.76. The third-order valence-corrected chi connectivity index (χ3v) is 4.24. The lowest BCUT2D eigenvalue weighted by atomic mass is 10.1. The first kappa shape index (κ1) is 23.7. The van der Waals surface area contributed by atoms with Crippen molar-refractivity contribution in [2.24, 2.45) is 4.99 Å². The molecule has 166 valence electrons. The number of benzene rings is 2. The zero-order valence-corrected chi connectivity index (χ0v) is 17.4. The standard InChI is InChI=1S/C21H24F3N5O2/c1-25-21(26-10-9-13-5-4-6-14(11-13)20(31)29(2)3)27-12-17(30)28-16-8-7-15(22)18(23)19(16)24/h4-8,11H,9-10,12H2,1-3H3,(H,28,30)(H2,25,26,27). The minimum absolute atomic E-state index is 0.0872. The highest BCUT2D eigenvalue weighted by molar-refractivity contribution is 5.95. The van der Waals surface area contributed by atoms with Crippen molar-refractivity contribution in [3.8, 4) is 0 Å². The molecule has 10 heteroatoms. The van der Waals surface area contributed by atoms with Crippen LogP contribution in [0.15, 0.2) is 41.4 Å². The lowest BCUT2D eigenvalue weighted by Gasteiger charge is -2.13. The van der Waals surface area contributed by atoms with E-state index in [1.165, 1.54) is 11.9 Å². The predicted octanol–water partition coefficient (Wildman–Crippen LogP) is 2.15. The van der Waals surface area contributed by atoms with Gasteiger partial charge in [-0.05, 0) is 36.2 Å². The molecule has 0 unspecified atom stereocenters. The Morgan fingerprint density at radius 1 is 1.03 bits per heavy atom. The van der Waals surface area contributed by atoms with Gasteiger partial charge in [-0.25, -0.2) is 13.2 Å². The van der Waals surface area contributed by atoms with Crippen molar-refractivity contribution < 1.29 is 22.8 Å². The maximum atomic E-state index is 13.6. The molecule has 2 amide bonds. The summed E-state index contributed by atoms with van der Waals surface area (Å²) in [5.41, 5.74) is 1.08. The molecule has 3 N–H and O–H groups in total. The highest BCUT2D eigenvalue weighted by Crippen LogP contribution is 2.19. The van der Waals surface area contributed by atoms with Crippen LogP contribution in [-0.4, -0.2) is 56.9 Å². The summed E-state index contributed by atoms with van der Waals surface area (Å²) >= 11 is 0. The van der Waals surface area contributed by atoms with Gasteiger partial charge in [0.25, 0.3) is 5.91 Å². The number of hydrogen-bond donors (Lipinski definition) is 3. The van der Waals surface area contributed by atoms with E-state index < -0.39 is 29.0 Å². The van der Waals surface area contributed by atoms with Crippen molar-refractivity contribution in [3.63, 3.8) is 0 Å². The van der Waals surface area contributed by atoms with Crippen molar-refractivity contribution in [2.75, 3.05) is 39.5 Å². The molecule has 2 rings (SSSR count). The molecule has 0 fully saturated rings. The molecule has 0 spiro atoms. The first-order valence-corrected chi connectivity index (χ1v) is 9.41. The molecule has 0 bridgehead atoms. The highest BCUT2D eigenvalue weighted by Gasteiger charge is 2.15. The summed E-state index contributed by atoms with van der Waals surface area (Å²) in [6.07, 6.45) is 0.599. The molecule has 0 radical (unpaired) electrons. The molecule has 0 saturated carbocycles. The van der Waals surface area contributed by atoms with Gasteiger partial charge in [0.05, 0.1) is 12.2 Å². The fraction of sp³-hybridized carbons (Fsp3) is 0.286. The Morgan fingerprint density at radius 2 is 1.77 bits per heavy atom. The molecule has 0 aliphatic carbocycles. The van der Waals surface area contributed by atoms with Crippen molar-refractivity contribution >= 4 is 23.5 Å². The molecule has 2 aromatic rings. The minimum atomic E-state index is -1.65. The number of halogens is 3. The second-order valence-corrected chi connectivity index (χ2v) is 6.77. The highest BCUT2D eigenvalue weighted by atomic mass is 19.2. The van der Waals surface area contributed by atoms with Gasteiger partial charge in [-0.15, -0.1) is 0 Å². The second kappa shape index (κ2) is 11.0. The fourth-order valence-electron chi connectivity index (χ4n) is 2.64. The van der Waals surface area contributed by atoms with Crippen LogP contribution in [0.2, 0.25) is 0 Å². The van der Waals surface area contributed by atoms with E-state index in [2.05, 4.69) is 20.9 Å². The van der Waals surface area contributed by atoms with Gasteiger partial charge in [0.15, 0.2) is 23.4 Å². The molecule has 0 aliphatic rings. The van der Waals surface area contributed by atoms with E-state index in [9.17, 15) is 22.8 Å². The van der Waals surface area contributed by atoms with Gasteiger partial charge in [-0.2, -0.15) is 0 Å². The minimum Gasteiger partial charge on any atom is -0.356 e. The van der Waals surface area contributed by atoms with Crippen LogP contribution in [0, 0.1) is 17.5 Å². The first-order valence-electron chi connectivity index (χ1n) is 9.41. The Balaban J connectivity index is 1.83. The lowest BCUT2D eigenvalue weighted by molar-refractivity contribution is -0.115. The number of nitrogens with one attached hydrogen (secondary N) is 3. The summed E-state index contributed by atoms with van der Waals surface area (Å²) < 4.78 is 39.8. The summed E-state index contributed by atoms with van der Waals surface area (Å²) in [4.78, 5) is 29.5. The number of anilines is 1. The largest absolute Gasteiger partial charge is 0.356 e. The van der Waals surface area contributed by atoms with Crippen LogP contribution in [0.4, 0.5) is 18.9 Å². The molecule has 7 nitrogen and oxygen atoms in total. The van der Waals surface area contributed by atoms with E-state index in [4.69, 9.17) is 0 Å². The van der Waals surface area contributed by atoms with Crippen LogP contribution in [-0.2, 0) is 11.2 Å². The normalized spacial score (nSPS) is 11.1. The van der Waals surface area contributed by atoms with Crippen LogP contribution in [0.25, 0.3) is 0 Å². The van der Waals surface area contributed by atoms with Crippen LogP contribution < -0.4 is 16.0 Å². The van der Waals surface area contributed by atoms with Crippen LogP contribution >= 0.6 is 0 Å². The molecule has 0 atom stereocenters. The lowest BCUT2D eigenvalue weighted by Crippen LogP contribution is -2.42. The third kappa shape index (κ3) is 6.73. The molecule has 0 aromatic heterocycles. The number of guanidine groups is 1. The SMILES string of the molecule is CN=C(NCCc1cccc(C(=O)N(C)C)c1)NCC(=O)Nc1ccc(F)c(F)c1F. The van der Waals surface area contributed by atoms with Crippen molar-refractivity contribution in [2.45, 2.75) is 6.42 Å². The molecular formula is C21H24F3N5O2. The van der Waals surface area contributed by atoms with Crippen LogP contribution in [0.1, 0.15) is 15.9 Å². The van der Waals surface area contributed by atoms with Crippen molar-refractivity contribution in [1.82, 2.24) is 15.5 Å². The smallest absolute Gasteiger partial charge is 0.253 e. The molecule has 0 aliphatic heterocycles. The van der Waals surface area contributed by atoms with E-state index >= 15 is 0 Å². The Bertz CT molecular complexity index is 979. The summed E-state index contributed by atoms with van der Waals surface area (Å²) in [6.45, 7) is 0.198. The van der Waals surface area contributed by atoms with Crippen LogP contribution in [0.3, 0.4) is 0 Å². The summed E-state index contributed by atoms with van der Waals surface area (Å²) in [5, 5.41) is 7.92. The first-order chi connectivity index (χ1) is 14.7. The average molecular weight is 435 g/mol. The van der Waals surface area contributed by atoms with Gasteiger partial charge in [-0.1, -0.05) is 12.1 Å². The Morgan fingerprint density at radius 3 is 2.45 bits per heavy atom. The number of carbonyl (C=O) groups excluding carboxylic acids is 2. The van der Waals surface area contributed by atoms with Crippen LogP contribution in [0.5, 0.6) is 0 Å². The molecule has 2 aromatic carbocycles. The zero-order valence-electron chi connectivity index (χ0n) is 17.4. The van der Waals surface area contributed by atoms with Gasteiger partial charge < -0.3 is 20.9 Å². The Labute approximate surface area is 178 Å². The molecular weight excluding hydrogens is 411 g/mol. The zero-order chi connectivity index (χ0) is 23.0. The monoisotopic (exact) mass is 435 g/mol. The Hall–Kier alpha value is -3.56. The van der Waals surface area contributed by atoms with E-state index in [0.717, 1.165) is 17.7 Å². The summed E-state index contributed by atoms with van der Waals surface area (Å²) in [6, 6.07) is 8.92. The van der Waals surface area contributed by atoms with Gasteiger partial charge in [-0.3, -0.25) is 14.6 Å². The number of nitrogens with zero attached hydrogens (tertiary/aromatic N) is 2. The van der Waals surface area contributed by atoms with Gasteiger partial charge in [0.2, 0.25) is 5.91 Å². The number of hydrogen-bond acceptors (Lipinski definition) is 3. The summed E-state index contributed by atoms with van der Waals surface area (Å²) in [7, 11) is 4.88. The van der Waals surface area contributed by atoms with E-state index in [1.807, 2.05) is 12.1 Å². The van der Waals surface area contributed by atoms with E-state index in [0.29, 0.717) is 24.5 Å².